The van der Waals surface area contributed by atoms with Crippen molar-refractivity contribution >= 4 is 11.5 Å². The Morgan fingerprint density at radius 2 is 2.03 bits per heavy atom. The molecule has 6 rings (SSSR count). The quantitative estimate of drug-likeness (QED) is 0.525. The highest BCUT2D eigenvalue weighted by atomic mass is 16.5. The van der Waals surface area contributed by atoms with Crippen molar-refractivity contribution in [1.29, 1.82) is 0 Å². The van der Waals surface area contributed by atoms with Gasteiger partial charge in [-0.2, -0.15) is 0 Å². The maximum atomic E-state index is 12.0. The highest BCUT2D eigenvalue weighted by Gasteiger charge is 2.54. The van der Waals surface area contributed by atoms with Gasteiger partial charge < -0.3 is 9.64 Å². The second-order valence-electron chi connectivity index (χ2n) is 11.7. The largest absolute Gasteiger partial charge is 0.485 e. The number of benzene rings is 1. The fraction of sp³-hybridized carbons (Fsp3) is 0.419. The Bertz CT molecular complexity index is 1380. The van der Waals surface area contributed by atoms with E-state index in [1.165, 1.54) is 41.1 Å². The summed E-state index contributed by atoms with van der Waals surface area (Å²) in [6, 6.07) is 6.95. The molecule has 0 amide bonds. The minimum Gasteiger partial charge on any atom is -0.485 e. The monoisotopic (exact) mass is 482 g/mol. The topological polar surface area (TPSA) is 38.4 Å². The zero-order valence-corrected chi connectivity index (χ0v) is 22.0. The molecule has 2 aromatic rings. The smallest absolute Gasteiger partial charge is 0.248 e. The molecule has 5 nitrogen and oxygen atoms in total. The number of aryl methyl sites for hydroxylation is 1. The number of aromatic nitrogens is 2. The van der Waals surface area contributed by atoms with Crippen LogP contribution in [0.2, 0.25) is 0 Å². The molecule has 36 heavy (non-hydrogen) atoms. The molecule has 0 saturated carbocycles. The molecule has 1 aromatic carbocycles. The Morgan fingerprint density at radius 1 is 1.19 bits per heavy atom. The molecule has 1 aliphatic carbocycles. The third-order valence-corrected chi connectivity index (χ3v) is 8.61. The van der Waals surface area contributed by atoms with Gasteiger partial charge in [-0.05, 0) is 60.8 Å². The summed E-state index contributed by atoms with van der Waals surface area (Å²) in [7, 11) is 0. The second kappa shape index (κ2) is 8.09. The van der Waals surface area contributed by atoms with Crippen LogP contribution in [0, 0.1) is 5.41 Å². The highest BCUT2D eigenvalue weighted by Crippen LogP contribution is 2.60. The van der Waals surface area contributed by atoms with Crippen molar-refractivity contribution in [3.05, 3.63) is 89.4 Å². The van der Waals surface area contributed by atoms with E-state index in [9.17, 15) is 4.79 Å². The van der Waals surface area contributed by atoms with Crippen molar-refractivity contribution in [2.24, 2.45) is 5.41 Å². The van der Waals surface area contributed by atoms with E-state index in [4.69, 9.17) is 4.74 Å². The number of rotatable bonds is 4. The summed E-state index contributed by atoms with van der Waals surface area (Å²) in [5.41, 5.74) is 7.24. The van der Waals surface area contributed by atoms with Gasteiger partial charge in [-0.25, -0.2) is 9.13 Å². The van der Waals surface area contributed by atoms with Crippen LogP contribution in [0.5, 0.6) is 0 Å². The van der Waals surface area contributed by atoms with Gasteiger partial charge in [-0.1, -0.05) is 34.1 Å². The maximum absolute atomic E-state index is 12.0. The Morgan fingerprint density at radius 3 is 2.81 bits per heavy atom. The summed E-state index contributed by atoms with van der Waals surface area (Å²) in [5.74, 6) is 0.710. The van der Waals surface area contributed by atoms with Gasteiger partial charge in [0.15, 0.2) is 5.78 Å². The Labute approximate surface area is 214 Å². The number of allylic oxidation sites excluding steroid dienone is 4. The van der Waals surface area contributed by atoms with Gasteiger partial charge in [0.1, 0.15) is 29.9 Å². The summed E-state index contributed by atoms with van der Waals surface area (Å²) in [6.45, 7) is 13.6. The molecule has 0 saturated heterocycles. The van der Waals surface area contributed by atoms with Crippen LogP contribution in [0.3, 0.4) is 0 Å². The molecule has 0 radical (unpaired) electrons. The van der Waals surface area contributed by atoms with Gasteiger partial charge in [-0.3, -0.25) is 4.79 Å². The lowest BCUT2D eigenvalue weighted by Gasteiger charge is -2.46. The van der Waals surface area contributed by atoms with Crippen molar-refractivity contribution in [2.45, 2.75) is 71.9 Å². The Hall–Kier alpha value is -3.34. The number of ketones is 1. The number of carbonyl (C=O) groups is 1. The highest BCUT2D eigenvalue weighted by molar-refractivity contribution is 6.02. The van der Waals surface area contributed by atoms with E-state index in [2.05, 4.69) is 91.6 Å². The third kappa shape index (κ3) is 3.36. The molecule has 186 valence electrons. The lowest BCUT2D eigenvalue weighted by atomic mass is 9.62. The van der Waals surface area contributed by atoms with Crippen LogP contribution in [-0.2, 0) is 21.5 Å². The first-order chi connectivity index (χ1) is 17.2. The first-order valence-corrected chi connectivity index (χ1v) is 13.3. The summed E-state index contributed by atoms with van der Waals surface area (Å²) in [4.78, 5) is 14.5. The molecular weight excluding hydrogens is 446 g/mol. The van der Waals surface area contributed by atoms with Crippen molar-refractivity contribution in [2.75, 3.05) is 11.4 Å². The fourth-order valence-corrected chi connectivity index (χ4v) is 6.19. The van der Waals surface area contributed by atoms with E-state index >= 15 is 0 Å². The lowest BCUT2D eigenvalue weighted by Crippen LogP contribution is -2.45. The third-order valence-electron chi connectivity index (χ3n) is 8.61. The van der Waals surface area contributed by atoms with Crippen LogP contribution in [-0.4, -0.2) is 23.0 Å². The maximum Gasteiger partial charge on any atom is 0.248 e. The van der Waals surface area contributed by atoms with E-state index in [0.29, 0.717) is 5.76 Å². The number of fused-ring (bicyclic) bond motifs is 5. The molecule has 2 unspecified atom stereocenters. The minimum absolute atomic E-state index is 0.00273. The number of hydrogen-bond donors (Lipinski definition) is 0. The van der Waals surface area contributed by atoms with Gasteiger partial charge in [0.05, 0.1) is 6.54 Å². The van der Waals surface area contributed by atoms with E-state index in [1.807, 2.05) is 6.08 Å². The van der Waals surface area contributed by atoms with Crippen molar-refractivity contribution < 1.29 is 14.1 Å². The molecule has 4 heterocycles. The lowest BCUT2D eigenvalue weighted by molar-refractivity contribution is -0.696. The number of carbonyl (C=O) groups excluding carboxylic acids is 1. The normalized spacial score (nSPS) is 24.5. The van der Waals surface area contributed by atoms with E-state index in [1.54, 1.807) is 12.2 Å². The average Bonchev–Trinajstić information content (AvgIpc) is 3.43. The van der Waals surface area contributed by atoms with Crippen LogP contribution in [0.1, 0.15) is 59.4 Å². The molecule has 0 N–H and O–H groups in total. The Kier molecular flexibility index (Phi) is 5.19. The zero-order chi connectivity index (χ0) is 25.2. The van der Waals surface area contributed by atoms with Crippen molar-refractivity contribution in [1.82, 2.24) is 4.57 Å². The van der Waals surface area contributed by atoms with Crippen LogP contribution in [0.15, 0.2) is 83.8 Å². The SMILES string of the molecule is CCCC[n+]1ccn(-c2ccc3c(c2)C(C)(C(C)(C)C)C2=C4C=C5C=CC(=O)C=C5OC4CCN23)c1. The van der Waals surface area contributed by atoms with Gasteiger partial charge >= 0.3 is 0 Å². The van der Waals surface area contributed by atoms with Crippen LogP contribution >= 0.6 is 0 Å². The molecule has 4 aliphatic rings. The predicted molar refractivity (Wildman–Crippen MR) is 142 cm³/mol. The fourth-order valence-electron chi connectivity index (χ4n) is 6.19. The molecule has 0 bridgehead atoms. The van der Waals surface area contributed by atoms with Gasteiger partial charge in [0.25, 0.3) is 0 Å². The van der Waals surface area contributed by atoms with Gasteiger partial charge in [0.2, 0.25) is 6.33 Å². The van der Waals surface area contributed by atoms with Gasteiger partial charge in [0, 0.05) is 47.0 Å². The summed E-state index contributed by atoms with van der Waals surface area (Å²) >= 11 is 0. The first-order valence-electron chi connectivity index (χ1n) is 13.3. The summed E-state index contributed by atoms with van der Waals surface area (Å²) < 4.78 is 10.9. The van der Waals surface area contributed by atoms with Crippen LogP contribution < -0.4 is 9.47 Å². The summed E-state index contributed by atoms with van der Waals surface area (Å²) in [5, 5.41) is 0. The second-order valence-corrected chi connectivity index (χ2v) is 11.7. The molecule has 3 aliphatic heterocycles. The van der Waals surface area contributed by atoms with Gasteiger partial charge in [-0.15, -0.1) is 0 Å². The molecule has 0 fully saturated rings. The molecule has 0 spiro atoms. The molecular formula is C31H36N3O2+. The van der Waals surface area contributed by atoms with E-state index < -0.39 is 0 Å². The zero-order valence-electron chi connectivity index (χ0n) is 22.0. The van der Waals surface area contributed by atoms with E-state index in [0.717, 1.165) is 25.1 Å². The number of anilines is 1. The molecule has 1 aromatic heterocycles. The predicted octanol–water partition coefficient (Wildman–Crippen LogP) is 5.69. The molecule has 5 heteroatoms. The first kappa shape index (κ1) is 23.1. The van der Waals surface area contributed by atoms with Crippen LogP contribution in [0.25, 0.3) is 5.69 Å². The number of ether oxygens (including phenoxy) is 1. The van der Waals surface area contributed by atoms with Crippen LogP contribution in [0.4, 0.5) is 5.69 Å². The minimum atomic E-state index is -0.201. The summed E-state index contributed by atoms with van der Waals surface area (Å²) in [6.07, 6.45) is 17.2. The number of imidazole rings is 1. The number of nitrogens with zero attached hydrogens (tertiary/aromatic N) is 3. The van der Waals surface area contributed by atoms with E-state index in [-0.39, 0.29) is 22.7 Å². The van der Waals surface area contributed by atoms with Crippen molar-refractivity contribution in [3.8, 4) is 5.69 Å². The number of hydrogen-bond acceptors (Lipinski definition) is 3. The average molecular weight is 483 g/mol. The number of unbranched alkanes of at least 4 members (excludes halogenated alkanes) is 1. The standard InChI is InChI=1S/C31H36N3O2/c1-6-7-13-32-15-16-33(20-32)22-9-11-26-25(18-22)31(5,30(2,3)4)29-24-17-21-8-10-23(35)19-28(21)36-27(24)12-14-34(26)29/h8-11,15-20,27H,6-7,12-14H2,1-5H3/q+1. The van der Waals surface area contributed by atoms with Crippen molar-refractivity contribution in [3.63, 3.8) is 0 Å². The Balaban J connectivity index is 1.50. The molecule has 2 atom stereocenters.